The molecular weight excluding hydrogens is 652 g/mol. The number of carbonyl (C=O) groups is 2. The summed E-state index contributed by atoms with van der Waals surface area (Å²) in [5.74, 6) is -0.832. The molecule has 0 bridgehead atoms. The van der Waals surface area contributed by atoms with Crippen LogP contribution in [-0.4, -0.2) is 59.7 Å². The summed E-state index contributed by atoms with van der Waals surface area (Å²) in [4.78, 5) is 25.8. The van der Waals surface area contributed by atoms with Crippen LogP contribution in [0, 0.1) is 0 Å². The molecule has 0 amide bonds. The lowest BCUT2D eigenvalue weighted by atomic mass is 9.83. The Balaban J connectivity index is 4.50. The Morgan fingerprint density at radius 3 is 1.21 bits per heavy atom. The zero-order valence-electron chi connectivity index (χ0n) is 34.0. The van der Waals surface area contributed by atoms with Crippen molar-refractivity contribution in [3.63, 3.8) is 0 Å². The average molecular weight is 737 g/mol. The monoisotopic (exact) mass is 737 g/mol. The summed E-state index contributed by atoms with van der Waals surface area (Å²) in [7, 11) is 0. The minimum atomic E-state index is -1.28. The number of unbranched alkanes of at least 4 members (excludes halogenated alkanes) is 22. The third-order valence-corrected chi connectivity index (χ3v) is 10.1. The van der Waals surface area contributed by atoms with Gasteiger partial charge in [0.25, 0.3) is 0 Å². The quantitative estimate of drug-likeness (QED) is 0.0277. The van der Waals surface area contributed by atoms with E-state index in [-0.39, 0.29) is 45.4 Å². The Labute approximate surface area is 320 Å². The van der Waals surface area contributed by atoms with Crippen molar-refractivity contribution in [3.05, 3.63) is 24.3 Å². The van der Waals surface area contributed by atoms with Crippen molar-refractivity contribution in [2.24, 2.45) is 11.5 Å². The number of aliphatic hydroxyl groups is 2. The fourth-order valence-electron chi connectivity index (χ4n) is 6.73. The van der Waals surface area contributed by atoms with Crippen LogP contribution in [0.4, 0.5) is 0 Å². The first-order valence-corrected chi connectivity index (χ1v) is 21.8. The predicted octanol–water partition coefficient (Wildman–Crippen LogP) is 10.3. The van der Waals surface area contributed by atoms with E-state index in [4.69, 9.17) is 20.9 Å². The lowest BCUT2D eigenvalue weighted by Crippen LogP contribution is -2.61. The number of nitrogens with two attached hydrogens (primary N) is 2. The lowest BCUT2D eigenvalue weighted by molar-refractivity contribution is -0.175. The maximum atomic E-state index is 13.0. The second-order valence-corrected chi connectivity index (χ2v) is 15.0. The molecule has 306 valence electrons. The van der Waals surface area contributed by atoms with Gasteiger partial charge in [0.05, 0.1) is 5.54 Å². The van der Waals surface area contributed by atoms with E-state index in [9.17, 15) is 19.8 Å². The summed E-state index contributed by atoms with van der Waals surface area (Å²) in [5, 5.41) is 19.5. The summed E-state index contributed by atoms with van der Waals surface area (Å²) in [5.41, 5.74) is 11.4. The first-order chi connectivity index (χ1) is 25.4. The Morgan fingerprint density at radius 2 is 0.865 bits per heavy atom. The molecule has 0 aromatic heterocycles. The smallest absolute Gasteiger partial charge is 0.306 e. The first-order valence-electron chi connectivity index (χ1n) is 21.8. The molecule has 0 aromatic carbocycles. The second-order valence-electron chi connectivity index (χ2n) is 15.0. The van der Waals surface area contributed by atoms with Crippen LogP contribution in [0.15, 0.2) is 24.3 Å². The number of aliphatic hydroxyl groups excluding tert-OH is 2. The van der Waals surface area contributed by atoms with Gasteiger partial charge in [0.2, 0.25) is 0 Å². The third kappa shape index (κ3) is 29.7. The fourth-order valence-corrected chi connectivity index (χ4v) is 6.73. The summed E-state index contributed by atoms with van der Waals surface area (Å²) in [6, 6.07) is 0. The molecule has 6 N–H and O–H groups in total. The van der Waals surface area contributed by atoms with Gasteiger partial charge in [0, 0.05) is 32.6 Å². The number of ether oxygens (including phenoxy) is 2. The lowest BCUT2D eigenvalue weighted by Gasteiger charge is -2.39. The zero-order valence-corrected chi connectivity index (χ0v) is 34.0. The highest BCUT2D eigenvalue weighted by Crippen LogP contribution is 2.26. The Bertz CT molecular complexity index is 858. The van der Waals surface area contributed by atoms with E-state index in [2.05, 4.69) is 38.2 Å². The van der Waals surface area contributed by atoms with E-state index in [1.807, 2.05) is 0 Å². The summed E-state index contributed by atoms with van der Waals surface area (Å²) in [6.07, 6.45) is 38.4. The summed E-state index contributed by atoms with van der Waals surface area (Å²) in [6.45, 7) is 3.89. The van der Waals surface area contributed by atoms with Gasteiger partial charge in [0.1, 0.15) is 0 Å². The maximum absolute atomic E-state index is 13.0. The minimum absolute atomic E-state index is 0.0706. The Kier molecular flexibility index (Phi) is 36.3. The molecule has 0 saturated heterocycles. The van der Waals surface area contributed by atoms with E-state index in [0.29, 0.717) is 12.8 Å². The molecule has 0 aliphatic heterocycles. The molecular formula is C44H84N2O6. The van der Waals surface area contributed by atoms with Crippen LogP contribution in [0.2, 0.25) is 0 Å². The van der Waals surface area contributed by atoms with Crippen molar-refractivity contribution in [2.75, 3.05) is 19.8 Å². The molecule has 0 aliphatic rings. The molecule has 0 saturated carbocycles. The second kappa shape index (κ2) is 37.6. The van der Waals surface area contributed by atoms with E-state index in [0.717, 1.165) is 64.2 Å². The largest absolute Gasteiger partial charge is 0.457 e. The highest BCUT2D eigenvalue weighted by atomic mass is 16.6. The molecule has 8 heteroatoms. The van der Waals surface area contributed by atoms with Crippen LogP contribution in [0.5, 0.6) is 0 Å². The highest BCUT2D eigenvalue weighted by molar-refractivity contribution is 5.70. The average Bonchev–Trinajstić information content (AvgIpc) is 3.13. The number of carbonyl (C=O) groups excluding carboxylic acids is 2. The van der Waals surface area contributed by atoms with Crippen molar-refractivity contribution in [1.29, 1.82) is 0 Å². The molecule has 8 nitrogen and oxygen atoms in total. The van der Waals surface area contributed by atoms with Crippen molar-refractivity contribution < 1.29 is 29.3 Å². The minimum Gasteiger partial charge on any atom is -0.457 e. The maximum Gasteiger partial charge on any atom is 0.306 e. The third-order valence-electron chi connectivity index (χ3n) is 10.1. The van der Waals surface area contributed by atoms with E-state index < -0.39 is 29.7 Å². The van der Waals surface area contributed by atoms with Crippen molar-refractivity contribution in [3.8, 4) is 0 Å². The standard InChI is InChI=1S/C44H84N2O6/c1-3-5-7-9-11-13-15-17-19-21-23-25-27-29-31-33-41(49)51-40(39-45)43(44(46,35-37-47)36-38-48)52-42(50)34-32-30-28-26-24-22-20-18-16-14-12-10-8-6-4-2/h17-20,40,43,47-48H,3-16,21-39,45-46H2,1-2H3/b19-17-,20-18-. The number of rotatable bonds is 39. The van der Waals surface area contributed by atoms with Gasteiger partial charge in [-0.15, -0.1) is 0 Å². The predicted molar refractivity (Wildman–Crippen MR) is 218 cm³/mol. The van der Waals surface area contributed by atoms with E-state index in [1.165, 1.54) is 89.9 Å². The van der Waals surface area contributed by atoms with Crippen molar-refractivity contribution in [1.82, 2.24) is 0 Å². The first kappa shape index (κ1) is 50.3. The number of hydrogen-bond acceptors (Lipinski definition) is 8. The van der Waals surface area contributed by atoms with Gasteiger partial charge in [-0.05, 0) is 77.0 Å². The van der Waals surface area contributed by atoms with Gasteiger partial charge >= 0.3 is 11.9 Å². The normalized spacial score (nSPS) is 13.3. The van der Waals surface area contributed by atoms with Crippen LogP contribution < -0.4 is 11.5 Å². The molecule has 0 heterocycles. The molecule has 0 spiro atoms. The number of hydrogen-bond donors (Lipinski definition) is 4. The molecule has 0 rings (SSSR count). The fraction of sp³-hybridized carbons (Fsp3) is 0.864. The Hall–Kier alpha value is -1.74. The molecule has 0 fully saturated rings. The number of allylic oxidation sites excluding steroid dienone is 4. The molecule has 0 aromatic rings. The van der Waals surface area contributed by atoms with Crippen LogP contribution >= 0.6 is 0 Å². The SMILES string of the molecule is CCCCCCCC/C=C\CCCCCCCC(=O)OC(CN)C(OC(=O)CCCCCCC/C=C\CCCCCCCC)C(N)(CCO)CCO. The van der Waals surface area contributed by atoms with Gasteiger partial charge in [-0.2, -0.15) is 0 Å². The molecule has 52 heavy (non-hydrogen) atoms. The van der Waals surface area contributed by atoms with Crippen molar-refractivity contribution >= 4 is 11.9 Å². The molecule has 2 unspecified atom stereocenters. The van der Waals surface area contributed by atoms with E-state index >= 15 is 0 Å². The van der Waals surface area contributed by atoms with Crippen LogP contribution in [0.3, 0.4) is 0 Å². The Morgan fingerprint density at radius 1 is 0.538 bits per heavy atom. The van der Waals surface area contributed by atoms with Gasteiger partial charge < -0.3 is 31.2 Å². The van der Waals surface area contributed by atoms with Crippen LogP contribution in [0.25, 0.3) is 0 Å². The molecule has 2 atom stereocenters. The van der Waals surface area contributed by atoms with Crippen LogP contribution in [0.1, 0.15) is 206 Å². The van der Waals surface area contributed by atoms with Gasteiger partial charge in [0.15, 0.2) is 12.2 Å². The highest BCUT2D eigenvalue weighted by Gasteiger charge is 2.43. The molecule has 0 aliphatic carbocycles. The van der Waals surface area contributed by atoms with Crippen molar-refractivity contribution in [2.45, 2.75) is 224 Å². The number of esters is 2. The topological polar surface area (TPSA) is 145 Å². The summed E-state index contributed by atoms with van der Waals surface area (Å²) < 4.78 is 11.6. The van der Waals surface area contributed by atoms with E-state index in [1.54, 1.807) is 0 Å². The van der Waals surface area contributed by atoms with Gasteiger partial charge in [-0.3, -0.25) is 9.59 Å². The van der Waals surface area contributed by atoms with Gasteiger partial charge in [-0.1, -0.05) is 141 Å². The zero-order chi connectivity index (χ0) is 38.4. The van der Waals surface area contributed by atoms with Gasteiger partial charge in [-0.25, -0.2) is 0 Å². The van der Waals surface area contributed by atoms with Crippen LogP contribution in [-0.2, 0) is 19.1 Å². The molecule has 0 radical (unpaired) electrons. The summed E-state index contributed by atoms with van der Waals surface area (Å²) >= 11 is 0.